The molecular weight excluding hydrogens is 374 g/mol. The van der Waals surface area contributed by atoms with E-state index in [-0.39, 0.29) is 23.5 Å². The van der Waals surface area contributed by atoms with Gasteiger partial charge in [0.15, 0.2) is 0 Å². The third-order valence-electron chi connectivity index (χ3n) is 6.22. The molecule has 0 bridgehead atoms. The summed E-state index contributed by atoms with van der Waals surface area (Å²) < 4.78 is 6.31. The average molecular weight is 406 g/mol. The SMILES string of the molecule is CCCNC(=O)c1cc2c(s1)C1(CCN(C(=O)[C@H]3CCCCN3)CC1)OCC2. The first kappa shape index (κ1) is 19.9. The Morgan fingerprint density at radius 3 is 2.89 bits per heavy atom. The van der Waals surface area contributed by atoms with E-state index in [4.69, 9.17) is 4.74 Å². The standard InChI is InChI=1S/C21H31N3O3S/c1-2-9-23-19(25)17-14-15-6-13-27-21(18(15)28-17)7-11-24(12-8-21)20(26)16-5-3-4-10-22-16/h14,16,22H,2-13H2,1H3,(H,23,25)/t16-/m1/s1. The van der Waals surface area contributed by atoms with Gasteiger partial charge in [-0.3, -0.25) is 9.59 Å². The van der Waals surface area contributed by atoms with E-state index in [9.17, 15) is 9.59 Å². The number of hydrogen-bond acceptors (Lipinski definition) is 5. The number of thiophene rings is 1. The number of likely N-dealkylation sites (tertiary alicyclic amines) is 1. The van der Waals surface area contributed by atoms with Crippen molar-refractivity contribution in [3.05, 3.63) is 21.4 Å². The lowest BCUT2D eigenvalue weighted by molar-refractivity contribution is -0.142. The predicted octanol–water partition coefficient (Wildman–Crippen LogP) is 2.42. The number of fused-ring (bicyclic) bond motifs is 2. The molecule has 1 spiro atoms. The number of ether oxygens (including phenoxy) is 1. The number of rotatable bonds is 4. The Hall–Kier alpha value is -1.44. The van der Waals surface area contributed by atoms with Crippen LogP contribution in [0, 0.1) is 0 Å². The van der Waals surface area contributed by atoms with Crippen LogP contribution in [0.25, 0.3) is 0 Å². The van der Waals surface area contributed by atoms with Crippen LogP contribution in [0.1, 0.15) is 65.6 Å². The quantitative estimate of drug-likeness (QED) is 0.807. The topological polar surface area (TPSA) is 70.7 Å². The zero-order valence-corrected chi connectivity index (χ0v) is 17.5. The van der Waals surface area contributed by atoms with Gasteiger partial charge in [0, 0.05) is 24.5 Å². The van der Waals surface area contributed by atoms with Crippen molar-refractivity contribution in [3.63, 3.8) is 0 Å². The molecule has 2 N–H and O–H groups in total. The van der Waals surface area contributed by atoms with Gasteiger partial charge in [-0.1, -0.05) is 13.3 Å². The van der Waals surface area contributed by atoms with Crippen LogP contribution in [0.15, 0.2) is 6.07 Å². The summed E-state index contributed by atoms with van der Waals surface area (Å²) in [7, 11) is 0. The molecule has 1 aromatic rings. The fourth-order valence-corrected chi connectivity index (χ4v) is 5.93. The van der Waals surface area contributed by atoms with Crippen LogP contribution in [-0.2, 0) is 21.6 Å². The Labute approximate surface area is 171 Å². The van der Waals surface area contributed by atoms with Gasteiger partial charge in [0.1, 0.15) is 5.60 Å². The van der Waals surface area contributed by atoms with Gasteiger partial charge < -0.3 is 20.3 Å². The lowest BCUT2D eigenvalue weighted by Gasteiger charge is -2.44. The van der Waals surface area contributed by atoms with Crippen molar-refractivity contribution < 1.29 is 14.3 Å². The second kappa shape index (κ2) is 8.51. The minimum atomic E-state index is -0.321. The molecule has 0 saturated carbocycles. The molecule has 3 aliphatic rings. The summed E-state index contributed by atoms with van der Waals surface area (Å²) in [5.41, 5.74) is 0.935. The first-order valence-electron chi connectivity index (χ1n) is 10.7. The van der Waals surface area contributed by atoms with Crippen LogP contribution in [0.2, 0.25) is 0 Å². The minimum absolute atomic E-state index is 0.0127. The monoisotopic (exact) mass is 405 g/mol. The third-order valence-corrected chi connectivity index (χ3v) is 7.58. The van der Waals surface area contributed by atoms with Crippen LogP contribution < -0.4 is 10.6 Å². The molecule has 28 heavy (non-hydrogen) atoms. The largest absolute Gasteiger partial charge is 0.369 e. The number of amides is 2. The number of hydrogen-bond donors (Lipinski definition) is 2. The molecule has 2 fully saturated rings. The Kier molecular flexibility index (Phi) is 6.04. The van der Waals surface area contributed by atoms with Gasteiger partial charge >= 0.3 is 0 Å². The molecule has 1 atom stereocenters. The van der Waals surface area contributed by atoms with Crippen LogP contribution in [0.3, 0.4) is 0 Å². The molecule has 4 rings (SSSR count). The first-order chi connectivity index (χ1) is 13.6. The van der Waals surface area contributed by atoms with Gasteiger partial charge in [0.25, 0.3) is 5.91 Å². The van der Waals surface area contributed by atoms with E-state index in [1.54, 1.807) is 11.3 Å². The van der Waals surface area contributed by atoms with Gasteiger partial charge in [-0.05, 0) is 56.7 Å². The van der Waals surface area contributed by atoms with Gasteiger partial charge in [-0.2, -0.15) is 0 Å². The second-order valence-corrected chi connectivity index (χ2v) is 9.19. The highest BCUT2D eigenvalue weighted by Gasteiger charge is 2.44. The molecule has 0 radical (unpaired) electrons. The van der Waals surface area contributed by atoms with Crippen molar-refractivity contribution in [3.8, 4) is 0 Å². The van der Waals surface area contributed by atoms with Crippen LogP contribution in [-0.4, -0.2) is 55.5 Å². The van der Waals surface area contributed by atoms with Gasteiger partial charge in [-0.15, -0.1) is 11.3 Å². The molecule has 2 amide bonds. The summed E-state index contributed by atoms with van der Waals surface area (Å²) in [6.07, 6.45) is 6.67. The van der Waals surface area contributed by atoms with E-state index >= 15 is 0 Å². The molecule has 6 nitrogen and oxygen atoms in total. The lowest BCUT2D eigenvalue weighted by Crippen LogP contribution is -2.53. The second-order valence-electron chi connectivity index (χ2n) is 8.14. The Bertz CT molecular complexity index is 718. The van der Waals surface area contributed by atoms with Crippen LogP contribution in [0.5, 0.6) is 0 Å². The first-order valence-corrected chi connectivity index (χ1v) is 11.5. The number of nitrogens with zero attached hydrogens (tertiary/aromatic N) is 1. The van der Waals surface area contributed by atoms with Crippen molar-refractivity contribution in [2.45, 2.75) is 63.5 Å². The van der Waals surface area contributed by atoms with Gasteiger partial charge in [0.2, 0.25) is 5.91 Å². The fourth-order valence-electron chi connectivity index (χ4n) is 4.60. The van der Waals surface area contributed by atoms with Crippen molar-refractivity contribution in [1.29, 1.82) is 0 Å². The molecule has 0 aromatic carbocycles. The van der Waals surface area contributed by atoms with Crippen LogP contribution in [0.4, 0.5) is 0 Å². The van der Waals surface area contributed by atoms with E-state index in [0.29, 0.717) is 13.2 Å². The smallest absolute Gasteiger partial charge is 0.261 e. The summed E-state index contributed by atoms with van der Waals surface area (Å²) in [5, 5.41) is 6.35. The number of carbonyl (C=O) groups excluding carboxylic acids is 2. The van der Waals surface area contributed by atoms with E-state index in [1.807, 2.05) is 4.90 Å². The van der Waals surface area contributed by atoms with E-state index in [1.165, 1.54) is 10.4 Å². The predicted molar refractivity (Wildman–Crippen MR) is 110 cm³/mol. The van der Waals surface area contributed by atoms with Crippen molar-refractivity contribution in [2.24, 2.45) is 0 Å². The maximum atomic E-state index is 12.8. The Morgan fingerprint density at radius 1 is 1.36 bits per heavy atom. The Balaban J connectivity index is 1.45. The maximum absolute atomic E-state index is 12.8. The molecule has 0 aliphatic carbocycles. The van der Waals surface area contributed by atoms with E-state index in [0.717, 1.165) is 69.5 Å². The summed E-state index contributed by atoms with van der Waals surface area (Å²) in [4.78, 5) is 29.2. The summed E-state index contributed by atoms with van der Waals surface area (Å²) in [5.74, 6) is 0.267. The number of nitrogens with one attached hydrogen (secondary N) is 2. The summed E-state index contributed by atoms with van der Waals surface area (Å²) in [6.45, 7) is 5.85. The third kappa shape index (κ3) is 3.84. The normalized spacial score (nSPS) is 24.0. The molecule has 3 aliphatic heterocycles. The van der Waals surface area contributed by atoms with Crippen molar-refractivity contribution in [2.75, 3.05) is 32.8 Å². The number of carbonyl (C=O) groups is 2. The maximum Gasteiger partial charge on any atom is 0.261 e. The van der Waals surface area contributed by atoms with E-state index in [2.05, 4.69) is 23.6 Å². The zero-order chi connectivity index (χ0) is 19.6. The average Bonchev–Trinajstić information content (AvgIpc) is 3.19. The van der Waals surface area contributed by atoms with Crippen molar-refractivity contribution >= 4 is 23.2 Å². The van der Waals surface area contributed by atoms with Gasteiger partial charge in [0.05, 0.1) is 17.5 Å². The minimum Gasteiger partial charge on any atom is -0.369 e. The summed E-state index contributed by atoms with van der Waals surface area (Å²) in [6, 6.07) is 2.04. The van der Waals surface area contributed by atoms with E-state index < -0.39 is 0 Å². The number of piperidine rings is 2. The highest BCUT2D eigenvalue weighted by atomic mass is 32.1. The molecular formula is C21H31N3O3S. The Morgan fingerprint density at radius 2 is 2.18 bits per heavy atom. The fraction of sp³-hybridized carbons (Fsp3) is 0.714. The van der Waals surface area contributed by atoms with Crippen molar-refractivity contribution in [1.82, 2.24) is 15.5 Å². The molecule has 0 unspecified atom stereocenters. The summed E-state index contributed by atoms with van der Waals surface area (Å²) >= 11 is 1.58. The molecule has 4 heterocycles. The molecule has 154 valence electrons. The highest BCUT2D eigenvalue weighted by Crippen LogP contribution is 2.45. The molecule has 2 saturated heterocycles. The molecule has 1 aromatic heterocycles. The van der Waals surface area contributed by atoms with Crippen LogP contribution >= 0.6 is 11.3 Å². The lowest BCUT2D eigenvalue weighted by atomic mass is 9.85. The highest BCUT2D eigenvalue weighted by molar-refractivity contribution is 7.14. The van der Waals surface area contributed by atoms with Gasteiger partial charge in [-0.25, -0.2) is 0 Å². The molecule has 7 heteroatoms. The zero-order valence-electron chi connectivity index (χ0n) is 16.7.